The van der Waals surface area contributed by atoms with Crippen molar-refractivity contribution in [3.63, 3.8) is 0 Å². The number of aryl methyl sites for hydroxylation is 1. The maximum Gasteiger partial charge on any atom is 0.158 e. The van der Waals surface area contributed by atoms with Gasteiger partial charge in [0.25, 0.3) is 0 Å². The molecule has 74 valence electrons. The third-order valence-electron chi connectivity index (χ3n) is 2.39. The molecule has 1 N–H and O–H groups in total. The van der Waals surface area contributed by atoms with E-state index in [2.05, 4.69) is 27.9 Å². The number of hydrogen-bond acceptors (Lipinski definition) is 3. The number of thiazole rings is 1. The van der Waals surface area contributed by atoms with Gasteiger partial charge in [0.15, 0.2) is 5.82 Å². The molecular weight excluding hydrogens is 206 g/mol. The second-order valence-corrected chi connectivity index (χ2v) is 4.15. The lowest BCUT2D eigenvalue weighted by atomic mass is 10.2. The van der Waals surface area contributed by atoms with E-state index in [4.69, 9.17) is 0 Å². The molecule has 0 spiro atoms. The van der Waals surface area contributed by atoms with Gasteiger partial charge in [-0.15, -0.1) is 11.3 Å². The Kier molecular flexibility index (Phi) is 1.82. The molecule has 0 saturated heterocycles. The van der Waals surface area contributed by atoms with Gasteiger partial charge in [0.1, 0.15) is 5.69 Å². The SMILES string of the molecule is Cc1cccc2[nH]c(-c3cscn3)nc12. The molecule has 1 aromatic carbocycles. The molecule has 2 aromatic heterocycles. The molecule has 3 nitrogen and oxygen atoms in total. The Bertz CT molecular complexity index is 595. The summed E-state index contributed by atoms with van der Waals surface area (Å²) in [5.74, 6) is 0.848. The third-order valence-corrected chi connectivity index (χ3v) is 2.98. The van der Waals surface area contributed by atoms with Crippen molar-refractivity contribution in [3.05, 3.63) is 34.7 Å². The van der Waals surface area contributed by atoms with Crippen LogP contribution in [0.5, 0.6) is 0 Å². The fourth-order valence-electron chi connectivity index (χ4n) is 1.63. The number of rotatable bonds is 1. The summed E-state index contributed by atoms with van der Waals surface area (Å²) in [5, 5.41) is 1.99. The second-order valence-electron chi connectivity index (χ2n) is 3.43. The van der Waals surface area contributed by atoms with E-state index in [-0.39, 0.29) is 0 Å². The van der Waals surface area contributed by atoms with E-state index >= 15 is 0 Å². The first-order valence-electron chi connectivity index (χ1n) is 4.68. The van der Waals surface area contributed by atoms with Crippen molar-refractivity contribution >= 4 is 22.4 Å². The number of H-pyrrole nitrogens is 1. The number of nitrogens with one attached hydrogen (secondary N) is 1. The topological polar surface area (TPSA) is 41.6 Å². The van der Waals surface area contributed by atoms with Crippen LogP contribution in [0.15, 0.2) is 29.1 Å². The van der Waals surface area contributed by atoms with E-state index in [0.29, 0.717) is 0 Å². The van der Waals surface area contributed by atoms with Crippen molar-refractivity contribution in [2.24, 2.45) is 0 Å². The molecule has 0 saturated carbocycles. The molecule has 0 atom stereocenters. The Morgan fingerprint density at radius 1 is 1.33 bits per heavy atom. The van der Waals surface area contributed by atoms with Crippen LogP contribution in [0.25, 0.3) is 22.6 Å². The average molecular weight is 215 g/mol. The molecule has 0 fully saturated rings. The number of fused-ring (bicyclic) bond motifs is 1. The van der Waals surface area contributed by atoms with Crippen LogP contribution >= 0.6 is 11.3 Å². The highest BCUT2D eigenvalue weighted by atomic mass is 32.1. The quantitative estimate of drug-likeness (QED) is 0.678. The molecule has 0 amide bonds. The highest BCUT2D eigenvalue weighted by Gasteiger charge is 2.07. The minimum Gasteiger partial charge on any atom is -0.337 e. The Morgan fingerprint density at radius 2 is 2.27 bits per heavy atom. The van der Waals surface area contributed by atoms with Crippen LogP contribution in [0.4, 0.5) is 0 Å². The molecule has 4 heteroatoms. The van der Waals surface area contributed by atoms with Gasteiger partial charge in [-0.05, 0) is 18.6 Å². The fraction of sp³-hybridized carbons (Fsp3) is 0.0909. The van der Waals surface area contributed by atoms with Crippen LogP contribution in [-0.2, 0) is 0 Å². The number of aromatic amines is 1. The monoisotopic (exact) mass is 215 g/mol. The first-order valence-corrected chi connectivity index (χ1v) is 5.63. The number of benzene rings is 1. The molecular formula is C11H9N3S. The van der Waals surface area contributed by atoms with Gasteiger partial charge in [-0.3, -0.25) is 0 Å². The molecule has 3 rings (SSSR count). The van der Waals surface area contributed by atoms with Crippen LogP contribution < -0.4 is 0 Å². The van der Waals surface area contributed by atoms with Crippen LogP contribution in [-0.4, -0.2) is 15.0 Å². The third kappa shape index (κ3) is 1.34. The predicted molar refractivity (Wildman–Crippen MR) is 61.9 cm³/mol. The summed E-state index contributed by atoms with van der Waals surface area (Å²) >= 11 is 1.58. The van der Waals surface area contributed by atoms with Crippen LogP contribution in [0.2, 0.25) is 0 Å². The van der Waals surface area contributed by atoms with E-state index in [1.165, 1.54) is 5.56 Å². The Labute approximate surface area is 90.8 Å². The minimum absolute atomic E-state index is 0.848. The van der Waals surface area contributed by atoms with Gasteiger partial charge in [0.05, 0.1) is 16.5 Å². The van der Waals surface area contributed by atoms with E-state index in [1.54, 1.807) is 11.3 Å². The van der Waals surface area contributed by atoms with Gasteiger partial charge >= 0.3 is 0 Å². The highest BCUT2D eigenvalue weighted by Crippen LogP contribution is 2.21. The van der Waals surface area contributed by atoms with E-state index in [1.807, 2.05) is 23.0 Å². The zero-order chi connectivity index (χ0) is 10.3. The lowest BCUT2D eigenvalue weighted by Crippen LogP contribution is -1.78. The summed E-state index contributed by atoms with van der Waals surface area (Å²) in [5.41, 5.74) is 6.01. The molecule has 15 heavy (non-hydrogen) atoms. The number of para-hydroxylation sites is 1. The molecule has 0 aliphatic heterocycles. The zero-order valence-corrected chi connectivity index (χ0v) is 9.01. The fourth-order valence-corrected chi connectivity index (χ4v) is 2.16. The molecule has 0 unspecified atom stereocenters. The maximum atomic E-state index is 4.54. The Morgan fingerprint density at radius 3 is 3.00 bits per heavy atom. The summed E-state index contributed by atoms with van der Waals surface area (Å²) in [6.07, 6.45) is 0. The van der Waals surface area contributed by atoms with E-state index < -0.39 is 0 Å². The lowest BCUT2D eigenvalue weighted by molar-refractivity contribution is 1.27. The Hall–Kier alpha value is -1.68. The first-order chi connectivity index (χ1) is 7.34. The zero-order valence-electron chi connectivity index (χ0n) is 8.19. The lowest BCUT2D eigenvalue weighted by Gasteiger charge is -1.90. The summed E-state index contributed by atoms with van der Waals surface area (Å²) < 4.78 is 0. The normalized spacial score (nSPS) is 11.0. The van der Waals surface area contributed by atoms with Gasteiger partial charge in [-0.25, -0.2) is 9.97 Å². The van der Waals surface area contributed by atoms with Crippen molar-refractivity contribution in [1.29, 1.82) is 0 Å². The summed E-state index contributed by atoms with van der Waals surface area (Å²) in [7, 11) is 0. The molecule has 0 bridgehead atoms. The van der Waals surface area contributed by atoms with Crippen LogP contribution in [0.3, 0.4) is 0 Å². The van der Waals surface area contributed by atoms with Crippen molar-refractivity contribution in [2.45, 2.75) is 6.92 Å². The molecule has 2 heterocycles. The standard InChI is InChI=1S/C11H9N3S/c1-7-3-2-4-8-10(7)14-11(13-8)9-5-15-6-12-9/h2-6H,1H3,(H,13,14). The largest absolute Gasteiger partial charge is 0.337 e. The smallest absolute Gasteiger partial charge is 0.158 e. The summed E-state index contributed by atoms with van der Waals surface area (Å²) in [6, 6.07) is 6.12. The molecule has 0 aliphatic rings. The predicted octanol–water partition coefficient (Wildman–Crippen LogP) is 2.99. The Balaban J connectivity index is 2.27. The number of imidazole rings is 1. The van der Waals surface area contributed by atoms with Crippen molar-refractivity contribution in [1.82, 2.24) is 15.0 Å². The van der Waals surface area contributed by atoms with Crippen molar-refractivity contribution in [2.75, 3.05) is 0 Å². The average Bonchev–Trinajstić information content (AvgIpc) is 2.86. The molecule has 3 aromatic rings. The van der Waals surface area contributed by atoms with Gasteiger partial charge in [0, 0.05) is 5.38 Å². The van der Waals surface area contributed by atoms with Crippen molar-refractivity contribution < 1.29 is 0 Å². The summed E-state index contributed by atoms with van der Waals surface area (Å²) in [6.45, 7) is 2.06. The number of hydrogen-bond donors (Lipinski definition) is 1. The highest BCUT2D eigenvalue weighted by molar-refractivity contribution is 7.07. The second kappa shape index (κ2) is 3.17. The van der Waals surface area contributed by atoms with Gasteiger partial charge < -0.3 is 4.98 Å². The van der Waals surface area contributed by atoms with Gasteiger partial charge in [-0.1, -0.05) is 12.1 Å². The van der Waals surface area contributed by atoms with Gasteiger partial charge in [0.2, 0.25) is 0 Å². The van der Waals surface area contributed by atoms with Crippen LogP contribution in [0.1, 0.15) is 5.56 Å². The van der Waals surface area contributed by atoms with Crippen molar-refractivity contribution in [3.8, 4) is 11.5 Å². The summed E-state index contributed by atoms with van der Waals surface area (Å²) in [4.78, 5) is 12.1. The van der Waals surface area contributed by atoms with Gasteiger partial charge in [-0.2, -0.15) is 0 Å². The van der Waals surface area contributed by atoms with E-state index in [0.717, 1.165) is 22.6 Å². The van der Waals surface area contributed by atoms with E-state index in [9.17, 15) is 0 Å². The maximum absolute atomic E-state index is 4.54. The molecule has 0 radical (unpaired) electrons. The first kappa shape index (κ1) is 8.61. The number of aromatic nitrogens is 3. The molecule has 0 aliphatic carbocycles. The minimum atomic E-state index is 0.848. The van der Waals surface area contributed by atoms with Crippen LogP contribution in [0, 0.1) is 6.92 Å². The number of nitrogens with zero attached hydrogens (tertiary/aromatic N) is 2.